The molecule has 0 spiro atoms. The van der Waals surface area contributed by atoms with Gasteiger partial charge in [0.25, 0.3) is 11.9 Å². The highest BCUT2D eigenvalue weighted by Gasteiger charge is 2.32. The van der Waals surface area contributed by atoms with Crippen molar-refractivity contribution in [3.05, 3.63) is 54.9 Å². The highest BCUT2D eigenvalue weighted by molar-refractivity contribution is 5.63. The number of hydrogen-bond donors (Lipinski definition) is 3. The van der Waals surface area contributed by atoms with E-state index in [1.165, 1.54) is 5.56 Å². The van der Waals surface area contributed by atoms with Crippen molar-refractivity contribution in [3.63, 3.8) is 0 Å². The zero-order valence-electron chi connectivity index (χ0n) is 16.8. The fourth-order valence-corrected chi connectivity index (χ4v) is 3.13. The van der Waals surface area contributed by atoms with Crippen LogP contribution in [0.2, 0.25) is 0 Å². The second-order valence-electron chi connectivity index (χ2n) is 6.75. The maximum absolute atomic E-state index is 10.4. The molecule has 160 valence electrons. The lowest BCUT2D eigenvalue weighted by atomic mass is 9.97. The van der Waals surface area contributed by atoms with E-state index < -0.39 is 11.9 Å². The lowest BCUT2D eigenvalue weighted by molar-refractivity contribution is -0.135. The van der Waals surface area contributed by atoms with Gasteiger partial charge in [-0.1, -0.05) is 0 Å². The quantitative estimate of drug-likeness (QED) is 0.578. The number of carboxylic acids is 2. The molecule has 3 N–H and O–H groups in total. The molecule has 1 saturated heterocycles. The van der Waals surface area contributed by atoms with Gasteiger partial charge in [-0.25, -0.2) is 4.98 Å². The summed E-state index contributed by atoms with van der Waals surface area (Å²) in [6.07, 6.45) is 11.4. The second-order valence-corrected chi connectivity index (χ2v) is 6.75. The Hall–Kier alpha value is -3.53. The molecule has 4 heterocycles. The molecule has 0 unspecified atom stereocenters. The average molecular weight is 415 g/mol. The Labute approximate surface area is 173 Å². The SMILES string of the molecule is CC(=O)O.CC(=O)O.O[C@@H]1CN(c2cncc3nccn23)C[C@H]1Cc1ccncc1. The fourth-order valence-electron chi connectivity index (χ4n) is 3.13. The molecule has 3 aromatic rings. The molecule has 1 aliphatic heterocycles. The molecular weight excluding hydrogens is 390 g/mol. The minimum absolute atomic E-state index is 0.209. The van der Waals surface area contributed by atoms with Crippen molar-refractivity contribution in [3.8, 4) is 0 Å². The van der Waals surface area contributed by atoms with Gasteiger partial charge in [0, 0.05) is 57.6 Å². The minimum atomic E-state index is -0.833. The number of aliphatic carboxylic acids is 2. The Morgan fingerprint density at radius 2 is 1.67 bits per heavy atom. The molecule has 30 heavy (non-hydrogen) atoms. The van der Waals surface area contributed by atoms with Crippen LogP contribution in [0.25, 0.3) is 5.65 Å². The van der Waals surface area contributed by atoms with Crippen LogP contribution >= 0.6 is 0 Å². The van der Waals surface area contributed by atoms with Gasteiger partial charge in [-0.2, -0.15) is 0 Å². The first kappa shape index (κ1) is 22.8. The number of carbonyl (C=O) groups is 2. The van der Waals surface area contributed by atoms with Gasteiger partial charge in [0.05, 0.1) is 18.5 Å². The standard InChI is InChI=1S/C16H17N5O.2C2H4O2/c22-14-11-20(10-13(14)7-12-1-3-17-4-2-12)16-9-18-8-15-19-5-6-21(15)16;2*1-2(3)4/h1-6,8-9,13-14,22H,7,10-11H2;2*1H3,(H,3,4)/t13-,14-;;/m1../s1. The maximum atomic E-state index is 10.4. The smallest absolute Gasteiger partial charge is 0.300 e. The van der Waals surface area contributed by atoms with E-state index >= 15 is 0 Å². The number of pyridine rings is 1. The number of aromatic nitrogens is 4. The number of aliphatic hydroxyl groups excluding tert-OH is 1. The summed E-state index contributed by atoms with van der Waals surface area (Å²) < 4.78 is 2.01. The van der Waals surface area contributed by atoms with Crippen LogP contribution < -0.4 is 4.90 Å². The number of carboxylic acid groups (broad SMARTS) is 2. The molecule has 3 aromatic heterocycles. The van der Waals surface area contributed by atoms with Crippen LogP contribution in [0.15, 0.2) is 49.3 Å². The van der Waals surface area contributed by atoms with Crippen LogP contribution in [0.4, 0.5) is 5.82 Å². The highest BCUT2D eigenvalue weighted by Crippen LogP contribution is 2.26. The number of rotatable bonds is 3. The summed E-state index contributed by atoms with van der Waals surface area (Å²) >= 11 is 0. The number of fused-ring (bicyclic) bond motifs is 1. The highest BCUT2D eigenvalue weighted by atomic mass is 16.4. The van der Waals surface area contributed by atoms with E-state index in [-0.39, 0.29) is 12.0 Å². The van der Waals surface area contributed by atoms with Crippen molar-refractivity contribution in [2.75, 3.05) is 18.0 Å². The first-order chi connectivity index (χ1) is 14.3. The molecule has 10 heteroatoms. The average Bonchev–Trinajstić information content (AvgIpc) is 3.28. The van der Waals surface area contributed by atoms with Crippen LogP contribution in [0.3, 0.4) is 0 Å². The molecule has 10 nitrogen and oxygen atoms in total. The Bertz CT molecular complexity index is 942. The van der Waals surface area contributed by atoms with Crippen LogP contribution in [0.1, 0.15) is 19.4 Å². The lowest BCUT2D eigenvalue weighted by Crippen LogP contribution is -2.23. The third-order valence-corrected chi connectivity index (χ3v) is 4.27. The van der Waals surface area contributed by atoms with Gasteiger partial charge in [0.1, 0.15) is 5.82 Å². The summed E-state index contributed by atoms with van der Waals surface area (Å²) in [5, 5.41) is 25.2. The minimum Gasteiger partial charge on any atom is -0.481 e. The summed E-state index contributed by atoms with van der Waals surface area (Å²) in [6, 6.07) is 4.01. The largest absolute Gasteiger partial charge is 0.481 e. The summed E-state index contributed by atoms with van der Waals surface area (Å²) in [4.78, 5) is 32.7. The monoisotopic (exact) mass is 415 g/mol. The van der Waals surface area contributed by atoms with Crippen LogP contribution in [-0.2, 0) is 16.0 Å². The first-order valence-corrected chi connectivity index (χ1v) is 9.26. The molecule has 0 bridgehead atoms. The number of β-amino-alcohol motifs (C(OH)–C–C–N with tert-alkyl or cyclic N) is 1. The van der Waals surface area contributed by atoms with Crippen molar-refractivity contribution in [1.29, 1.82) is 0 Å². The van der Waals surface area contributed by atoms with E-state index in [2.05, 4.69) is 19.9 Å². The molecule has 0 aliphatic carbocycles. The summed E-state index contributed by atoms with van der Waals surface area (Å²) in [6.45, 7) is 3.59. The maximum Gasteiger partial charge on any atom is 0.300 e. The van der Waals surface area contributed by atoms with E-state index in [0.29, 0.717) is 6.54 Å². The number of hydrogen-bond acceptors (Lipinski definition) is 7. The van der Waals surface area contributed by atoms with Crippen molar-refractivity contribution >= 4 is 23.4 Å². The molecule has 1 fully saturated rings. The van der Waals surface area contributed by atoms with Crippen molar-refractivity contribution < 1.29 is 24.9 Å². The Kier molecular flexibility index (Phi) is 8.24. The molecule has 0 saturated carbocycles. The van der Waals surface area contributed by atoms with Crippen molar-refractivity contribution in [2.45, 2.75) is 26.4 Å². The summed E-state index contributed by atoms with van der Waals surface area (Å²) in [5.41, 5.74) is 2.03. The van der Waals surface area contributed by atoms with E-state index in [9.17, 15) is 5.11 Å². The number of anilines is 1. The second kappa shape index (κ2) is 10.9. The summed E-state index contributed by atoms with van der Waals surface area (Å²) in [5.74, 6) is -0.479. The van der Waals surface area contributed by atoms with E-state index in [0.717, 1.165) is 38.3 Å². The molecule has 1 aliphatic rings. The van der Waals surface area contributed by atoms with Gasteiger partial charge < -0.3 is 20.2 Å². The molecule has 0 radical (unpaired) electrons. The molecule has 0 amide bonds. The van der Waals surface area contributed by atoms with Gasteiger partial charge in [0.15, 0.2) is 5.65 Å². The lowest BCUT2D eigenvalue weighted by Gasteiger charge is -2.19. The predicted molar refractivity (Wildman–Crippen MR) is 109 cm³/mol. The van der Waals surface area contributed by atoms with Gasteiger partial charge in [-0.05, 0) is 24.1 Å². The van der Waals surface area contributed by atoms with Crippen molar-refractivity contribution in [2.24, 2.45) is 5.92 Å². The van der Waals surface area contributed by atoms with Crippen LogP contribution in [-0.4, -0.2) is 65.8 Å². The zero-order chi connectivity index (χ0) is 22.1. The van der Waals surface area contributed by atoms with Crippen LogP contribution in [0.5, 0.6) is 0 Å². The van der Waals surface area contributed by atoms with Crippen LogP contribution in [0, 0.1) is 5.92 Å². The van der Waals surface area contributed by atoms with Gasteiger partial charge in [0.2, 0.25) is 0 Å². The fraction of sp³-hybridized carbons (Fsp3) is 0.350. The molecule has 2 atom stereocenters. The Balaban J connectivity index is 0.000000347. The number of imidazole rings is 1. The third-order valence-electron chi connectivity index (χ3n) is 4.27. The zero-order valence-corrected chi connectivity index (χ0v) is 16.8. The molecule has 4 rings (SSSR count). The number of aliphatic hydroxyl groups is 1. The topological polar surface area (TPSA) is 141 Å². The predicted octanol–water partition coefficient (Wildman–Crippen LogP) is 1.35. The van der Waals surface area contributed by atoms with E-state index in [1.54, 1.807) is 24.8 Å². The van der Waals surface area contributed by atoms with E-state index in [4.69, 9.17) is 19.8 Å². The Morgan fingerprint density at radius 1 is 1.03 bits per heavy atom. The van der Waals surface area contributed by atoms with Gasteiger partial charge >= 0.3 is 0 Å². The first-order valence-electron chi connectivity index (χ1n) is 9.26. The summed E-state index contributed by atoms with van der Waals surface area (Å²) in [7, 11) is 0. The normalized spacial score (nSPS) is 17.5. The third kappa shape index (κ3) is 6.82. The number of nitrogens with zero attached hydrogens (tertiary/aromatic N) is 5. The van der Waals surface area contributed by atoms with E-state index in [1.807, 2.05) is 28.9 Å². The molecule has 0 aromatic carbocycles. The Morgan fingerprint density at radius 3 is 2.30 bits per heavy atom. The van der Waals surface area contributed by atoms with Crippen molar-refractivity contribution in [1.82, 2.24) is 19.4 Å². The van der Waals surface area contributed by atoms with Gasteiger partial charge in [-0.3, -0.25) is 24.0 Å². The molecular formula is C20H25N5O5. The van der Waals surface area contributed by atoms with Gasteiger partial charge in [-0.15, -0.1) is 0 Å².